The Labute approximate surface area is 97.6 Å². The molecule has 1 saturated heterocycles. The summed E-state index contributed by atoms with van der Waals surface area (Å²) in [7, 11) is 4.16. The number of nitrogens with zero attached hydrogens (tertiary/aromatic N) is 3. The molecule has 2 atom stereocenters. The molecule has 0 bridgehead atoms. The largest absolute Gasteiger partial charge is 0.380 e. The van der Waals surface area contributed by atoms with Crippen molar-refractivity contribution in [3.63, 3.8) is 0 Å². The summed E-state index contributed by atoms with van der Waals surface area (Å²) >= 11 is 0. The third-order valence-electron chi connectivity index (χ3n) is 3.47. The smallest absolute Gasteiger partial charge is 0.0728 e. The van der Waals surface area contributed by atoms with Gasteiger partial charge in [0.2, 0.25) is 0 Å². The van der Waals surface area contributed by atoms with Crippen LogP contribution in [0, 0.1) is 5.92 Å². The average Bonchev–Trinajstić information content (AvgIpc) is 2.64. The Morgan fingerprint density at radius 3 is 2.94 bits per heavy atom. The van der Waals surface area contributed by atoms with Gasteiger partial charge in [-0.2, -0.15) is 5.10 Å². The molecule has 90 valence electrons. The maximum Gasteiger partial charge on any atom is 0.0728 e. The zero-order valence-corrected chi connectivity index (χ0v) is 10.5. The third-order valence-corrected chi connectivity index (χ3v) is 3.47. The molecular weight excluding hydrogens is 200 g/mol. The zero-order chi connectivity index (χ0) is 11.5. The number of hydrogen-bond acceptors (Lipinski definition) is 3. The Morgan fingerprint density at radius 1 is 1.50 bits per heavy atom. The highest BCUT2D eigenvalue weighted by atomic mass is 15.3. The number of nitrogens with one attached hydrogen (secondary N) is 1. The lowest BCUT2D eigenvalue weighted by molar-refractivity contribution is 0.197. The second kappa shape index (κ2) is 4.87. The van der Waals surface area contributed by atoms with Crippen LogP contribution < -0.4 is 5.32 Å². The Balaban J connectivity index is 1.89. The van der Waals surface area contributed by atoms with Crippen molar-refractivity contribution < 1.29 is 0 Å². The maximum atomic E-state index is 4.17. The molecule has 0 radical (unpaired) electrons. The van der Waals surface area contributed by atoms with Crippen molar-refractivity contribution in [2.24, 2.45) is 13.0 Å². The molecule has 16 heavy (non-hydrogen) atoms. The normalized spacial score (nSPS) is 24.3. The molecule has 0 aliphatic carbocycles. The van der Waals surface area contributed by atoms with E-state index >= 15 is 0 Å². The van der Waals surface area contributed by atoms with Crippen molar-refractivity contribution in [2.45, 2.75) is 25.8 Å². The van der Waals surface area contributed by atoms with Crippen LogP contribution in [-0.2, 0) is 7.05 Å². The van der Waals surface area contributed by atoms with Crippen LogP contribution in [0.2, 0.25) is 0 Å². The van der Waals surface area contributed by atoms with Gasteiger partial charge in [-0.25, -0.2) is 0 Å². The standard InChI is InChI=1S/C12H22N4/c1-10(11-5-4-6-15(2)8-11)14-12-7-13-16(3)9-12/h7,9-11,14H,4-6,8H2,1-3H3. The molecular formula is C12H22N4. The van der Waals surface area contributed by atoms with Crippen LogP contribution in [0.15, 0.2) is 12.4 Å². The predicted molar refractivity (Wildman–Crippen MR) is 66.5 cm³/mol. The minimum Gasteiger partial charge on any atom is -0.380 e. The Bertz CT molecular complexity index is 334. The summed E-state index contributed by atoms with van der Waals surface area (Å²) in [6, 6.07) is 0.520. The predicted octanol–water partition coefficient (Wildman–Crippen LogP) is 1.56. The number of rotatable bonds is 3. The molecule has 0 aromatic carbocycles. The molecule has 1 N–H and O–H groups in total. The van der Waals surface area contributed by atoms with Crippen molar-refractivity contribution in [3.05, 3.63) is 12.4 Å². The van der Waals surface area contributed by atoms with Gasteiger partial charge in [0.1, 0.15) is 0 Å². The summed E-state index contributed by atoms with van der Waals surface area (Å²) < 4.78 is 1.84. The van der Waals surface area contributed by atoms with Gasteiger partial charge in [-0.3, -0.25) is 4.68 Å². The molecule has 2 rings (SSSR count). The van der Waals surface area contributed by atoms with Gasteiger partial charge in [-0.15, -0.1) is 0 Å². The summed E-state index contributed by atoms with van der Waals surface area (Å²) in [6.45, 7) is 4.72. The molecule has 1 fully saturated rings. The van der Waals surface area contributed by atoms with Crippen LogP contribution in [0.1, 0.15) is 19.8 Å². The third kappa shape index (κ3) is 2.76. The molecule has 1 aromatic rings. The van der Waals surface area contributed by atoms with Crippen molar-refractivity contribution in [1.82, 2.24) is 14.7 Å². The molecule has 0 spiro atoms. The van der Waals surface area contributed by atoms with Crippen molar-refractivity contribution in [2.75, 3.05) is 25.5 Å². The number of hydrogen-bond donors (Lipinski definition) is 1. The van der Waals surface area contributed by atoms with Crippen LogP contribution >= 0.6 is 0 Å². The van der Waals surface area contributed by atoms with Crippen LogP contribution in [-0.4, -0.2) is 40.9 Å². The Hall–Kier alpha value is -1.03. The summed E-state index contributed by atoms with van der Waals surface area (Å²) in [5.41, 5.74) is 1.13. The van der Waals surface area contributed by atoms with Crippen LogP contribution in [0.5, 0.6) is 0 Å². The van der Waals surface area contributed by atoms with Gasteiger partial charge in [-0.05, 0) is 39.3 Å². The van der Waals surface area contributed by atoms with Gasteiger partial charge >= 0.3 is 0 Å². The minimum absolute atomic E-state index is 0.520. The second-order valence-corrected chi connectivity index (χ2v) is 5.00. The van der Waals surface area contributed by atoms with Crippen molar-refractivity contribution in [3.8, 4) is 0 Å². The summed E-state index contributed by atoms with van der Waals surface area (Å²) in [6.07, 6.45) is 6.57. The van der Waals surface area contributed by atoms with Gasteiger partial charge in [0.15, 0.2) is 0 Å². The fourth-order valence-corrected chi connectivity index (χ4v) is 2.49. The highest BCUT2D eigenvalue weighted by molar-refractivity contribution is 5.39. The highest BCUT2D eigenvalue weighted by Crippen LogP contribution is 2.21. The van der Waals surface area contributed by atoms with Gasteiger partial charge in [0, 0.05) is 25.8 Å². The SMILES string of the molecule is CC(Nc1cnn(C)c1)C1CCCN(C)C1. The van der Waals surface area contributed by atoms with E-state index in [0.29, 0.717) is 6.04 Å². The lowest BCUT2D eigenvalue weighted by atomic mass is 9.92. The molecule has 0 amide bonds. The first-order valence-electron chi connectivity index (χ1n) is 6.09. The number of likely N-dealkylation sites (tertiary alicyclic amines) is 1. The van der Waals surface area contributed by atoms with Crippen molar-refractivity contribution >= 4 is 5.69 Å². The highest BCUT2D eigenvalue weighted by Gasteiger charge is 2.22. The molecule has 2 unspecified atom stereocenters. The van der Waals surface area contributed by atoms with Crippen LogP contribution in [0.25, 0.3) is 0 Å². The van der Waals surface area contributed by atoms with E-state index in [1.807, 2.05) is 24.1 Å². The topological polar surface area (TPSA) is 33.1 Å². The fraction of sp³-hybridized carbons (Fsp3) is 0.750. The van der Waals surface area contributed by atoms with Gasteiger partial charge < -0.3 is 10.2 Å². The zero-order valence-electron chi connectivity index (χ0n) is 10.5. The van der Waals surface area contributed by atoms with E-state index in [2.05, 4.69) is 29.3 Å². The van der Waals surface area contributed by atoms with E-state index in [0.717, 1.165) is 11.6 Å². The summed E-state index contributed by atoms with van der Waals surface area (Å²) in [5, 5.41) is 7.72. The molecule has 2 heterocycles. The molecule has 1 aliphatic heterocycles. The van der Waals surface area contributed by atoms with E-state index in [9.17, 15) is 0 Å². The summed E-state index contributed by atoms with van der Waals surface area (Å²) in [5.74, 6) is 0.749. The lowest BCUT2D eigenvalue weighted by Crippen LogP contribution is -2.39. The molecule has 4 nitrogen and oxygen atoms in total. The van der Waals surface area contributed by atoms with E-state index in [1.165, 1.54) is 25.9 Å². The number of aryl methyl sites for hydroxylation is 1. The molecule has 4 heteroatoms. The lowest BCUT2D eigenvalue weighted by Gasteiger charge is -2.34. The first-order chi connectivity index (χ1) is 7.65. The number of piperidine rings is 1. The number of anilines is 1. The molecule has 1 aromatic heterocycles. The second-order valence-electron chi connectivity index (χ2n) is 5.00. The Morgan fingerprint density at radius 2 is 2.31 bits per heavy atom. The first-order valence-corrected chi connectivity index (χ1v) is 6.09. The number of aromatic nitrogens is 2. The van der Waals surface area contributed by atoms with E-state index in [-0.39, 0.29) is 0 Å². The summed E-state index contributed by atoms with van der Waals surface area (Å²) in [4.78, 5) is 2.43. The fourth-order valence-electron chi connectivity index (χ4n) is 2.49. The minimum atomic E-state index is 0.520. The van der Waals surface area contributed by atoms with Crippen LogP contribution in [0.3, 0.4) is 0 Å². The monoisotopic (exact) mass is 222 g/mol. The first kappa shape index (κ1) is 11.5. The molecule has 1 aliphatic rings. The van der Waals surface area contributed by atoms with Crippen LogP contribution in [0.4, 0.5) is 5.69 Å². The van der Waals surface area contributed by atoms with Gasteiger partial charge in [0.25, 0.3) is 0 Å². The van der Waals surface area contributed by atoms with E-state index in [4.69, 9.17) is 0 Å². The van der Waals surface area contributed by atoms with Gasteiger partial charge in [0.05, 0.1) is 11.9 Å². The average molecular weight is 222 g/mol. The van der Waals surface area contributed by atoms with E-state index in [1.54, 1.807) is 0 Å². The van der Waals surface area contributed by atoms with Gasteiger partial charge in [-0.1, -0.05) is 0 Å². The quantitative estimate of drug-likeness (QED) is 0.842. The van der Waals surface area contributed by atoms with E-state index < -0.39 is 0 Å². The van der Waals surface area contributed by atoms with Crippen molar-refractivity contribution in [1.29, 1.82) is 0 Å². The molecule has 0 saturated carbocycles. The Kier molecular flexibility index (Phi) is 3.49. The maximum absolute atomic E-state index is 4.17.